The highest BCUT2D eigenvalue weighted by molar-refractivity contribution is 5.66. The van der Waals surface area contributed by atoms with E-state index in [0.29, 0.717) is 12.5 Å². The van der Waals surface area contributed by atoms with Crippen LogP contribution >= 0.6 is 0 Å². The van der Waals surface area contributed by atoms with Gasteiger partial charge in [0, 0.05) is 44.5 Å². The lowest BCUT2D eigenvalue weighted by Crippen LogP contribution is -2.16. The average Bonchev–Trinajstić information content (AvgIpc) is 2.71. The van der Waals surface area contributed by atoms with Gasteiger partial charge in [-0.2, -0.15) is 5.10 Å². The first-order valence-electron chi connectivity index (χ1n) is 5.72. The minimum atomic E-state index is 0.488. The standard InChI is InChI=1S/C12H19N3O/c1-9(7-13)11-8-15(2)14-12(11)10-3-5-16-6-4-10/h8,10H,1,3-7,13H2,2H3. The Morgan fingerprint density at radius 3 is 2.94 bits per heavy atom. The third kappa shape index (κ3) is 2.18. The van der Waals surface area contributed by atoms with Crippen LogP contribution in [0.1, 0.15) is 30.0 Å². The molecule has 0 saturated carbocycles. The SMILES string of the molecule is C=C(CN)c1cn(C)nc1C1CCOCC1. The lowest BCUT2D eigenvalue weighted by Gasteiger charge is -2.21. The number of aryl methyl sites for hydroxylation is 1. The molecule has 0 unspecified atom stereocenters. The maximum Gasteiger partial charge on any atom is 0.0732 e. The highest BCUT2D eigenvalue weighted by Gasteiger charge is 2.22. The van der Waals surface area contributed by atoms with Crippen LogP contribution in [0.3, 0.4) is 0 Å². The summed E-state index contributed by atoms with van der Waals surface area (Å²) < 4.78 is 7.22. The van der Waals surface area contributed by atoms with Gasteiger partial charge in [-0.15, -0.1) is 0 Å². The normalized spacial score (nSPS) is 17.6. The zero-order valence-corrected chi connectivity index (χ0v) is 9.78. The van der Waals surface area contributed by atoms with Gasteiger partial charge in [-0.1, -0.05) is 6.58 Å². The Morgan fingerprint density at radius 1 is 1.62 bits per heavy atom. The van der Waals surface area contributed by atoms with Crippen molar-refractivity contribution in [3.05, 3.63) is 24.0 Å². The molecule has 2 N–H and O–H groups in total. The van der Waals surface area contributed by atoms with Crippen LogP contribution in [0.4, 0.5) is 0 Å². The van der Waals surface area contributed by atoms with Crippen molar-refractivity contribution in [2.75, 3.05) is 19.8 Å². The van der Waals surface area contributed by atoms with Gasteiger partial charge < -0.3 is 10.5 Å². The molecule has 4 heteroatoms. The van der Waals surface area contributed by atoms with E-state index in [1.165, 1.54) is 0 Å². The van der Waals surface area contributed by atoms with Gasteiger partial charge in [0.25, 0.3) is 0 Å². The fraction of sp³-hybridized carbons (Fsp3) is 0.583. The number of rotatable bonds is 3. The Balaban J connectivity index is 2.27. The van der Waals surface area contributed by atoms with E-state index in [1.54, 1.807) is 0 Å². The molecule has 1 fully saturated rings. The summed E-state index contributed by atoms with van der Waals surface area (Å²) in [7, 11) is 1.94. The monoisotopic (exact) mass is 221 g/mol. The Labute approximate surface area is 96.1 Å². The Morgan fingerprint density at radius 2 is 2.31 bits per heavy atom. The van der Waals surface area contributed by atoms with E-state index in [-0.39, 0.29) is 0 Å². The molecule has 0 aliphatic carbocycles. The molecule has 0 radical (unpaired) electrons. The lowest BCUT2D eigenvalue weighted by atomic mass is 9.92. The number of aromatic nitrogens is 2. The summed E-state index contributed by atoms with van der Waals surface area (Å²) in [6.07, 6.45) is 4.10. The van der Waals surface area contributed by atoms with E-state index < -0.39 is 0 Å². The number of nitrogens with two attached hydrogens (primary N) is 1. The molecule has 1 saturated heterocycles. The second-order valence-corrected chi connectivity index (χ2v) is 4.30. The quantitative estimate of drug-likeness (QED) is 0.836. The summed E-state index contributed by atoms with van der Waals surface area (Å²) in [4.78, 5) is 0. The predicted molar refractivity (Wildman–Crippen MR) is 64.1 cm³/mol. The van der Waals surface area contributed by atoms with Crippen LogP contribution in [0, 0.1) is 0 Å². The number of hydrogen-bond acceptors (Lipinski definition) is 3. The van der Waals surface area contributed by atoms with Gasteiger partial charge in [0.15, 0.2) is 0 Å². The molecule has 1 aliphatic heterocycles. The molecule has 0 atom stereocenters. The lowest BCUT2D eigenvalue weighted by molar-refractivity contribution is 0.0843. The largest absolute Gasteiger partial charge is 0.381 e. The van der Waals surface area contributed by atoms with Crippen LogP contribution in [0.5, 0.6) is 0 Å². The van der Waals surface area contributed by atoms with Crippen LogP contribution < -0.4 is 5.73 Å². The van der Waals surface area contributed by atoms with Crippen molar-refractivity contribution in [3.8, 4) is 0 Å². The highest BCUT2D eigenvalue weighted by Crippen LogP contribution is 2.30. The fourth-order valence-electron chi connectivity index (χ4n) is 2.16. The summed E-state index contributed by atoms with van der Waals surface area (Å²) >= 11 is 0. The van der Waals surface area contributed by atoms with E-state index >= 15 is 0 Å². The van der Waals surface area contributed by atoms with E-state index in [1.807, 2.05) is 17.9 Å². The van der Waals surface area contributed by atoms with E-state index in [9.17, 15) is 0 Å². The Kier molecular flexibility index (Phi) is 3.41. The first kappa shape index (κ1) is 11.4. The third-order valence-electron chi connectivity index (χ3n) is 3.09. The Bertz CT molecular complexity index is 378. The van der Waals surface area contributed by atoms with E-state index in [4.69, 9.17) is 10.5 Å². The minimum Gasteiger partial charge on any atom is -0.381 e. The highest BCUT2D eigenvalue weighted by atomic mass is 16.5. The molecular weight excluding hydrogens is 202 g/mol. The molecule has 0 spiro atoms. The average molecular weight is 221 g/mol. The maximum absolute atomic E-state index is 5.65. The van der Waals surface area contributed by atoms with Gasteiger partial charge in [0.05, 0.1) is 5.69 Å². The molecule has 0 aromatic carbocycles. The van der Waals surface area contributed by atoms with Crippen molar-refractivity contribution < 1.29 is 4.74 Å². The molecule has 1 aromatic heterocycles. The smallest absolute Gasteiger partial charge is 0.0732 e. The molecule has 2 heterocycles. The first-order valence-corrected chi connectivity index (χ1v) is 5.72. The van der Waals surface area contributed by atoms with Gasteiger partial charge in [-0.3, -0.25) is 4.68 Å². The summed E-state index contributed by atoms with van der Waals surface area (Å²) in [6, 6.07) is 0. The molecule has 1 aliphatic rings. The van der Waals surface area contributed by atoms with Crippen molar-refractivity contribution in [2.24, 2.45) is 12.8 Å². The van der Waals surface area contributed by atoms with Crippen LogP contribution in [-0.4, -0.2) is 29.5 Å². The summed E-state index contributed by atoms with van der Waals surface area (Å²) in [5.41, 5.74) is 8.88. The van der Waals surface area contributed by atoms with Gasteiger partial charge >= 0.3 is 0 Å². The van der Waals surface area contributed by atoms with Crippen molar-refractivity contribution in [3.63, 3.8) is 0 Å². The molecule has 0 bridgehead atoms. The van der Waals surface area contributed by atoms with E-state index in [2.05, 4.69) is 11.7 Å². The summed E-state index contributed by atoms with van der Waals surface area (Å²) in [6.45, 7) is 6.15. The molecular formula is C12H19N3O. The van der Waals surface area contributed by atoms with Crippen LogP contribution in [0.15, 0.2) is 12.8 Å². The number of nitrogens with zero attached hydrogens (tertiary/aromatic N) is 2. The fourth-order valence-corrected chi connectivity index (χ4v) is 2.16. The van der Waals surface area contributed by atoms with Crippen molar-refractivity contribution >= 4 is 5.57 Å². The Hall–Kier alpha value is -1.13. The van der Waals surface area contributed by atoms with Crippen LogP contribution in [-0.2, 0) is 11.8 Å². The number of ether oxygens (including phenoxy) is 1. The second kappa shape index (κ2) is 4.80. The summed E-state index contributed by atoms with van der Waals surface area (Å²) in [5, 5.41) is 4.55. The molecule has 88 valence electrons. The topological polar surface area (TPSA) is 53.1 Å². The van der Waals surface area contributed by atoms with E-state index in [0.717, 1.165) is 42.9 Å². The minimum absolute atomic E-state index is 0.488. The molecule has 4 nitrogen and oxygen atoms in total. The van der Waals surface area contributed by atoms with Crippen LogP contribution in [0.2, 0.25) is 0 Å². The molecule has 1 aromatic rings. The number of hydrogen-bond donors (Lipinski definition) is 1. The van der Waals surface area contributed by atoms with Crippen molar-refractivity contribution in [1.82, 2.24) is 9.78 Å². The molecule has 16 heavy (non-hydrogen) atoms. The second-order valence-electron chi connectivity index (χ2n) is 4.30. The predicted octanol–water partition coefficient (Wildman–Crippen LogP) is 1.29. The molecule has 0 amide bonds. The van der Waals surface area contributed by atoms with Crippen molar-refractivity contribution in [1.29, 1.82) is 0 Å². The van der Waals surface area contributed by atoms with Gasteiger partial charge in [0.1, 0.15) is 0 Å². The summed E-state index contributed by atoms with van der Waals surface area (Å²) in [5.74, 6) is 0.494. The van der Waals surface area contributed by atoms with Gasteiger partial charge in [-0.05, 0) is 18.4 Å². The molecule has 2 rings (SSSR count). The third-order valence-corrected chi connectivity index (χ3v) is 3.09. The van der Waals surface area contributed by atoms with Gasteiger partial charge in [0.2, 0.25) is 0 Å². The first-order chi connectivity index (χ1) is 7.72. The zero-order chi connectivity index (χ0) is 11.5. The maximum atomic E-state index is 5.65. The van der Waals surface area contributed by atoms with Crippen molar-refractivity contribution in [2.45, 2.75) is 18.8 Å². The zero-order valence-electron chi connectivity index (χ0n) is 9.78. The van der Waals surface area contributed by atoms with Crippen LogP contribution in [0.25, 0.3) is 5.57 Å². The van der Waals surface area contributed by atoms with Gasteiger partial charge in [-0.25, -0.2) is 0 Å².